The van der Waals surface area contributed by atoms with E-state index in [1.165, 1.54) is 44.9 Å². The van der Waals surface area contributed by atoms with Crippen LogP contribution >= 0.6 is 0 Å². The van der Waals surface area contributed by atoms with Gasteiger partial charge in [-0.25, -0.2) is 0 Å². The number of rotatable bonds is 6. The van der Waals surface area contributed by atoms with Crippen LogP contribution in [0.3, 0.4) is 0 Å². The predicted octanol–water partition coefficient (Wildman–Crippen LogP) is -1.37. The van der Waals surface area contributed by atoms with E-state index in [1.54, 1.807) is 11.1 Å². The Balaban J connectivity index is -0.000000563. The van der Waals surface area contributed by atoms with Crippen molar-refractivity contribution >= 4 is 0 Å². The zero-order chi connectivity index (χ0) is 9.52. The molecule has 0 saturated heterocycles. The van der Waals surface area contributed by atoms with E-state index in [2.05, 4.69) is 26.0 Å². The van der Waals surface area contributed by atoms with Crippen molar-refractivity contribution in [2.75, 3.05) is 0 Å². The summed E-state index contributed by atoms with van der Waals surface area (Å²) in [5.41, 5.74) is 3.37. The van der Waals surface area contributed by atoms with Gasteiger partial charge in [-0.1, -0.05) is 44.4 Å². The first-order valence-electron chi connectivity index (χ1n) is 5.76. The summed E-state index contributed by atoms with van der Waals surface area (Å²) in [6, 6.07) is 0. The molecule has 0 saturated carbocycles. The molecule has 0 heterocycles. The van der Waals surface area contributed by atoms with Gasteiger partial charge in [0.1, 0.15) is 0 Å². The van der Waals surface area contributed by atoms with E-state index in [0.717, 1.165) is 0 Å². The molecule has 16 heavy (non-hydrogen) atoms. The number of allylic oxidation sites excluding steroid dienone is 4. The van der Waals surface area contributed by atoms with Gasteiger partial charge in [-0.05, 0) is 37.7 Å². The molecule has 1 aliphatic rings. The summed E-state index contributed by atoms with van der Waals surface area (Å²) in [5.74, 6) is 0. The molecular formula is C13H22Cl2Zr. The molecule has 1 aliphatic carbocycles. The van der Waals surface area contributed by atoms with E-state index < -0.39 is 0 Å². The van der Waals surface area contributed by atoms with Crippen LogP contribution in [-0.4, -0.2) is 0 Å². The van der Waals surface area contributed by atoms with Gasteiger partial charge in [0.05, 0.1) is 0 Å². The Hall–Kier alpha value is 0.943. The van der Waals surface area contributed by atoms with Crippen LogP contribution in [0.5, 0.6) is 0 Å². The fraction of sp³-hybridized carbons (Fsp3) is 0.692. The summed E-state index contributed by atoms with van der Waals surface area (Å²) in [6.07, 6.45) is 13.9. The quantitative estimate of drug-likeness (QED) is 0.560. The van der Waals surface area contributed by atoms with Crippen LogP contribution in [0.15, 0.2) is 23.3 Å². The van der Waals surface area contributed by atoms with Gasteiger partial charge >= 0.3 is 26.2 Å². The third-order valence-corrected chi connectivity index (χ3v) is 2.77. The van der Waals surface area contributed by atoms with Gasteiger partial charge < -0.3 is 24.8 Å². The predicted molar refractivity (Wildman–Crippen MR) is 59.8 cm³/mol. The van der Waals surface area contributed by atoms with Crippen molar-refractivity contribution in [3.63, 3.8) is 0 Å². The second-order valence-electron chi connectivity index (χ2n) is 3.94. The van der Waals surface area contributed by atoms with Gasteiger partial charge in [0.25, 0.3) is 0 Å². The molecule has 0 bridgehead atoms. The van der Waals surface area contributed by atoms with Gasteiger partial charge in [-0.3, -0.25) is 0 Å². The van der Waals surface area contributed by atoms with E-state index in [4.69, 9.17) is 0 Å². The van der Waals surface area contributed by atoms with Crippen LogP contribution in [0.25, 0.3) is 0 Å². The Kier molecular flexibility index (Phi) is 19.4. The maximum Gasteiger partial charge on any atom is 2.00 e. The maximum absolute atomic E-state index is 2.35. The van der Waals surface area contributed by atoms with Crippen molar-refractivity contribution in [2.24, 2.45) is 0 Å². The number of unbranched alkanes of at least 4 members (excludes halogenated alkanes) is 2. The third kappa shape index (κ3) is 8.10. The fourth-order valence-electron chi connectivity index (χ4n) is 1.87. The van der Waals surface area contributed by atoms with Gasteiger partial charge in [0.2, 0.25) is 0 Å². The van der Waals surface area contributed by atoms with Crippen LogP contribution < -0.4 is 24.8 Å². The molecule has 0 spiro atoms. The average molecular weight is 340 g/mol. The van der Waals surface area contributed by atoms with Gasteiger partial charge in [0.15, 0.2) is 0 Å². The first-order valence-corrected chi connectivity index (χ1v) is 5.76. The van der Waals surface area contributed by atoms with Crippen LogP contribution in [0.1, 0.15) is 58.8 Å². The molecule has 0 amide bonds. The van der Waals surface area contributed by atoms with Crippen LogP contribution in [-0.2, 0) is 26.2 Å². The van der Waals surface area contributed by atoms with E-state index in [9.17, 15) is 0 Å². The Morgan fingerprint density at radius 3 is 2.12 bits per heavy atom. The van der Waals surface area contributed by atoms with Crippen LogP contribution in [0, 0.1) is 0 Å². The molecule has 92 valence electrons. The first-order chi connectivity index (χ1) is 6.38. The Morgan fingerprint density at radius 1 is 1.00 bits per heavy atom. The molecule has 0 N–H and O–H groups in total. The molecule has 0 aromatic carbocycles. The van der Waals surface area contributed by atoms with Crippen LogP contribution in [0.2, 0.25) is 0 Å². The van der Waals surface area contributed by atoms with Crippen molar-refractivity contribution in [2.45, 2.75) is 58.8 Å². The molecule has 0 atom stereocenters. The van der Waals surface area contributed by atoms with Gasteiger partial charge in [-0.2, -0.15) is 0 Å². The van der Waals surface area contributed by atoms with Crippen molar-refractivity contribution in [1.82, 2.24) is 0 Å². The molecular weight excluding hydrogens is 318 g/mol. The minimum Gasteiger partial charge on any atom is -1.00 e. The summed E-state index contributed by atoms with van der Waals surface area (Å²) >= 11 is 0. The van der Waals surface area contributed by atoms with Crippen LogP contribution in [0.4, 0.5) is 0 Å². The van der Waals surface area contributed by atoms with E-state index in [1.807, 2.05) is 0 Å². The number of halogens is 2. The summed E-state index contributed by atoms with van der Waals surface area (Å²) in [7, 11) is 0. The van der Waals surface area contributed by atoms with Crippen molar-refractivity contribution in [3.8, 4) is 0 Å². The molecule has 0 aliphatic heterocycles. The topological polar surface area (TPSA) is 0 Å². The molecule has 0 nitrogen and oxygen atoms in total. The van der Waals surface area contributed by atoms with Gasteiger partial charge in [-0.15, -0.1) is 0 Å². The van der Waals surface area contributed by atoms with E-state index in [0.29, 0.717) is 0 Å². The summed E-state index contributed by atoms with van der Waals surface area (Å²) in [6.45, 7) is 4.54. The molecule has 0 unspecified atom stereocenters. The Labute approximate surface area is 132 Å². The monoisotopic (exact) mass is 338 g/mol. The molecule has 0 radical (unpaired) electrons. The van der Waals surface area contributed by atoms with E-state index in [-0.39, 0.29) is 51.0 Å². The average Bonchev–Trinajstić information content (AvgIpc) is 2.59. The van der Waals surface area contributed by atoms with Crippen molar-refractivity contribution in [1.29, 1.82) is 0 Å². The van der Waals surface area contributed by atoms with Crippen molar-refractivity contribution in [3.05, 3.63) is 23.3 Å². The Bertz CT molecular complexity index is 210. The fourth-order valence-corrected chi connectivity index (χ4v) is 1.87. The molecule has 0 aromatic rings. The zero-order valence-corrected chi connectivity index (χ0v) is 14.3. The number of hydrogen-bond donors (Lipinski definition) is 0. The smallest absolute Gasteiger partial charge is 1.00 e. The summed E-state index contributed by atoms with van der Waals surface area (Å²) in [4.78, 5) is 0. The SMILES string of the molecule is CCCCC1=C(CCCC)CC=C1.[Cl-].[Cl-].[Zr+2]. The molecule has 1 rings (SSSR count). The summed E-state index contributed by atoms with van der Waals surface area (Å²) in [5, 5.41) is 0. The molecule has 3 heteroatoms. The van der Waals surface area contributed by atoms with Crippen molar-refractivity contribution < 1.29 is 51.0 Å². The second-order valence-corrected chi connectivity index (χ2v) is 3.94. The minimum atomic E-state index is 0. The summed E-state index contributed by atoms with van der Waals surface area (Å²) < 4.78 is 0. The standard InChI is InChI=1S/C13H22.2ClH.Zr/c1-3-5-8-12-10-7-11-13(12)9-6-4-2;;;/h7,10H,3-6,8-9,11H2,1-2H3;2*1H;/q;;;+2/p-2. The third-order valence-electron chi connectivity index (χ3n) is 2.77. The largest absolute Gasteiger partial charge is 2.00 e. The second kappa shape index (κ2) is 14.0. The normalized spacial score (nSPS) is 12.9. The maximum atomic E-state index is 2.35. The minimum absolute atomic E-state index is 0. The zero-order valence-electron chi connectivity index (χ0n) is 10.4. The van der Waals surface area contributed by atoms with E-state index >= 15 is 0 Å². The van der Waals surface area contributed by atoms with Gasteiger partial charge in [0, 0.05) is 0 Å². The molecule has 0 fully saturated rings. The molecule has 0 aromatic heterocycles. The number of hydrogen-bond acceptors (Lipinski definition) is 0. The first kappa shape index (κ1) is 22.2. The Morgan fingerprint density at radius 2 is 1.56 bits per heavy atom.